The number of aryl methyl sites for hydroxylation is 1. The molecule has 0 saturated heterocycles. The zero-order chi connectivity index (χ0) is 15.2. The molecular formula is C16H19F2NO2. The van der Waals surface area contributed by atoms with E-state index >= 15 is 0 Å². The van der Waals surface area contributed by atoms with E-state index in [0.717, 1.165) is 43.0 Å². The third kappa shape index (κ3) is 4.29. The first-order chi connectivity index (χ1) is 10.1. The summed E-state index contributed by atoms with van der Waals surface area (Å²) in [6.45, 7) is 5.76. The summed E-state index contributed by atoms with van der Waals surface area (Å²) < 4.78 is 37.1. The number of hydrogen-bond donors (Lipinski definition) is 1. The maximum absolute atomic E-state index is 13.4. The average Bonchev–Trinajstić information content (AvgIpc) is 2.79. The fourth-order valence-electron chi connectivity index (χ4n) is 1.98. The second-order valence-electron chi connectivity index (χ2n) is 4.83. The molecule has 0 aliphatic carbocycles. The third-order valence-corrected chi connectivity index (χ3v) is 3.08. The lowest BCUT2D eigenvalue weighted by Gasteiger charge is -2.05. The summed E-state index contributed by atoms with van der Waals surface area (Å²) >= 11 is 0. The molecule has 0 saturated carbocycles. The molecule has 0 atom stereocenters. The Hall–Kier alpha value is -1.88. The molecule has 0 fully saturated rings. The molecule has 0 aliphatic rings. The van der Waals surface area contributed by atoms with E-state index in [-0.39, 0.29) is 12.4 Å². The van der Waals surface area contributed by atoms with Crippen LogP contribution in [0.2, 0.25) is 0 Å². The van der Waals surface area contributed by atoms with Gasteiger partial charge in [-0.3, -0.25) is 0 Å². The van der Waals surface area contributed by atoms with Crippen LogP contribution in [0.1, 0.15) is 30.4 Å². The van der Waals surface area contributed by atoms with E-state index < -0.39 is 11.6 Å². The van der Waals surface area contributed by atoms with Crippen LogP contribution in [0.4, 0.5) is 8.78 Å². The van der Waals surface area contributed by atoms with Crippen LogP contribution in [0, 0.1) is 18.6 Å². The van der Waals surface area contributed by atoms with Crippen LogP contribution in [-0.2, 0) is 13.2 Å². The monoisotopic (exact) mass is 295 g/mol. The van der Waals surface area contributed by atoms with Gasteiger partial charge >= 0.3 is 0 Å². The molecule has 5 heteroatoms. The maximum atomic E-state index is 13.4. The highest BCUT2D eigenvalue weighted by molar-refractivity contribution is 5.25. The lowest BCUT2D eigenvalue weighted by atomic mass is 10.2. The van der Waals surface area contributed by atoms with Crippen molar-refractivity contribution in [1.29, 1.82) is 0 Å². The van der Waals surface area contributed by atoms with Gasteiger partial charge in [0.25, 0.3) is 0 Å². The first-order valence-corrected chi connectivity index (χ1v) is 6.97. The number of ether oxygens (including phenoxy) is 1. The van der Waals surface area contributed by atoms with E-state index in [1.807, 2.05) is 13.0 Å². The Morgan fingerprint density at radius 1 is 1.24 bits per heavy atom. The fraction of sp³-hybridized carbons (Fsp3) is 0.375. The van der Waals surface area contributed by atoms with Crippen molar-refractivity contribution in [3.05, 3.63) is 53.0 Å². The number of halogens is 2. The Balaban J connectivity index is 1.95. The van der Waals surface area contributed by atoms with Gasteiger partial charge in [-0.15, -0.1) is 0 Å². The van der Waals surface area contributed by atoms with Gasteiger partial charge in [0.05, 0.1) is 0 Å². The molecule has 1 N–H and O–H groups in total. The molecule has 0 radical (unpaired) electrons. The Morgan fingerprint density at radius 3 is 2.76 bits per heavy atom. The topological polar surface area (TPSA) is 34.4 Å². The Morgan fingerprint density at radius 2 is 2.05 bits per heavy atom. The van der Waals surface area contributed by atoms with Crippen molar-refractivity contribution in [2.24, 2.45) is 0 Å². The highest BCUT2D eigenvalue weighted by atomic mass is 19.1. The van der Waals surface area contributed by atoms with Crippen LogP contribution >= 0.6 is 0 Å². The number of nitrogens with one attached hydrogen (secondary N) is 1. The van der Waals surface area contributed by atoms with Crippen molar-refractivity contribution in [3.63, 3.8) is 0 Å². The summed E-state index contributed by atoms with van der Waals surface area (Å²) in [5, 5.41) is 3.29. The Kier molecular flexibility index (Phi) is 5.33. The Bertz CT molecular complexity index is 596. The first-order valence-electron chi connectivity index (χ1n) is 6.97. The molecule has 0 aliphatic heterocycles. The summed E-state index contributed by atoms with van der Waals surface area (Å²) in [4.78, 5) is 0. The minimum absolute atomic E-state index is 0.0103. The molecule has 114 valence electrons. The smallest absolute Gasteiger partial charge is 0.167 e. The van der Waals surface area contributed by atoms with E-state index in [1.165, 1.54) is 6.07 Å². The molecule has 0 spiro atoms. The standard InChI is InChI=1S/C16H19F2NO2/c1-3-6-19-9-12-7-14(21-11(12)2)10-20-16-5-4-13(17)8-15(16)18/h4-5,7-8,19H,3,6,9-10H2,1-2H3. The van der Waals surface area contributed by atoms with Gasteiger partial charge in [-0.05, 0) is 38.1 Å². The van der Waals surface area contributed by atoms with E-state index in [1.54, 1.807) is 0 Å². The molecule has 3 nitrogen and oxygen atoms in total. The highest BCUT2D eigenvalue weighted by Crippen LogP contribution is 2.21. The number of hydrogen-bond acceptors (Lipinski definition) is 3. The van der Waals surface area contributed by atoms with Crippen LogP contribution in [0.3, 0.4) is 0 Å². The second-order valence-corrected chi connectivity index (χ2v) is 4.83. The van der Waals surface area contributed by atoms with E-state index in [0.29, 0.717) is 5.76 Å². The van der Waals surface area contributed by atoms with Crippen molar-refractivity contribution in [2.45, 2.75) is 33.4 Å². The summed E-state index contributed by atoms with van der Waals surface area (Å²) in [6, 6.07) is 5.11. The molecule has 1 heterocycles. The van der Waals surface area contributed by atoms with Gasteiger partial charge in [0.1, 0.15) is 23.9 Å². The molecule has 2 aromatic rings. The SMILES string of the molecule is CCCNCc1cc(COc2ccc(F)cc2F)oc1C. The zero-order valence-corrected chi connectivity index (χ0v) is 12.2. The van der Waals surface area contributed by atoms with Gasteiger partial charge in [-0.1, -0.05) is 6.92 Å². The van der Waals surface area contributed by atoms with Crippen LogP contribution < -0.4 is 10.1 Å². The lowest BCUT2D eigenvalue weighted by molar-refractivity contribution is 0.255. The van der Waals surface area contributed by atoms with Crippen LogP contribution in [0.15, 0.2) is 28.7 Å². The molecule has 2 rings (SSSR count). The molecule has 21 heavy (non-hydrogen) atoms. The number of rotatable bonds is 7. The predicted octanol–water partition coefficient (Wildman–Crippen LogP) is 3.94. The van der Waals surface area contributed by atoms with Crippen LogP contribution in [0.25, 0.3) is 0 Å². The maximum Gasteiger partial charge on any atom is 0.167 e. The minimum Gasteiger partial charge on any atom is -0.483 e. The van der Waals surface area contributed by atoms with E-state index in [4.69, 9.17) is 9.15 Å². The molecule has 0 bridgehead atoms. The van der Waals surface area contributed by atoms with Gasteiger partial charge < -0.3 is 14.5 Å². The van der Waals surface area contributed by atoms with E-state index in [2.05, 4.69) is 12.2 Å². The second kappa shape index (κ2) is 7.22. The van der Waals surface area contributed by atoms with Gasteiger partial charge in [0, 0.05) is 18.2 Å². The number of furan rings is 1. The molecule has 0 unspecified atom stereocenters. The molecule has 0 amide bonds. The molecule has 1 aromatic heterocycles. The predicted molar refractivity (Wildman–Crippen MR) is 76.1 cm³/mol. The quantitative estimate of drug-likeness (QED) is 0.786. The third-order valence-electron chi connectivity index (χ3n) is 3.08. The van der Waals surface area contributed by atoms with Crippen LogP contribution in [0.5, 0.6) is 5.75 Å². The zero-order valence-electron chi connectivity index (χ0n) is 12.2. The lowest BCUT2D eigenvalue weighted by Crippen LogP contribution is -2.13. The van der Waals surface area contributed by atoms with E-state index in [9.17, 15) is 8.78 Å². The molecular weight excluding hydrogens is 276 g/mol. The number of benzene rings is 1. The van der Waals surface area contributed by atoms with Crippen molar-refractivity contribution >= 4 is 0 Å². The van der Waals surface area contributed by atoms with Crippen molar-refractivity contribution in [2.75, 3.05) is 6.54 Å². The normalized spacial score (nSPS) is 10.9. The summed E-state index contributed by atoms with van der Waals surface area (Å²) in [6.07, 6.45) is 1.07. The van der Waals surface area contributed by atoms with Crippen molar-refractivity contribution in [3.8, 4) is 5.75 Å². The Labute approximate surface area is 122 Å². The van der Waals surface area contributed by atoms with Gasteiger partial charge in [-0.2, -0.15) is 0 Å². The first kappa shape index (κ1) is 15.5. The molecule has 1 aromatic carbocycles. The summed E-state index contributed by atoms with van der Waals surface area (Å²) in [5.74, 6) is 0.0958. The fourth-order valence-corrected chi connectivity index (χ4v) is 1.98. The minimum atomic E-state index is -0.719. The summed E-state index contributed by atoms with van der Waals surface area (Å²) in [5.41, 5.74) is 1.06. The summed E-state index contributed by atoms with van der Waals surface area (Å²) in [7, 11) is 0. The average molecular weight is 295 g/mol. The van der Waals surface area contributed by atoms with Crippen LogP contribution in [-0.4, -0.2) is 6.54 Å². The highest BCUT2D eigenvalue weighted by Gasteiger charge is 2.10. The van der Waals surface area contributed by atoms with Crippen molar-refractivity contribution < 1.29 is 17.9 Å². The van der Waals surface area contributed by atoms with Crippen molar-refractivity contribution in [1.82, 2.24) is 5.32 Å². The van der Waals surface area contributed by atoms with Gasteiger partial charge in [0.15, 0.2) is 11.6 Å². The van der Waals surface area contributed by atoms with Gasteiger partial charge in [0.2, 0.25) is 0 Å². The largest absolute Gasteiger partial charge is 0.483 e. The van der Waals surface area contributed by atoms with Gasteiger partial charge in [-0.25, -0.2) is 8.78 Å².